The zero-order valence-electron chi connectivity index (χ0n) is 16.1. The van der Waals surface area contributed by atoms with Crippen LogP contribution >= 0.6 is 0 Å². The van der Waals surface area contributed by atoms with Crippen LogP contribution in [0.2, 0.25) is 0 Å². The number of para-hydroxylation sites is 1. The molecule has 6 nitrogen and oxygen atoms in total. The standard InChI is InChI=1S/C22H26N4O2/c1-24-10-9-23-22(24)21(28)19-7-2-3-8-20(19)26-13-11-25(12-14-26)16-17-5-4-6-18(27)15-17/h2-10,15,21,27-28H,11-14,16H2,1H3. The average molecular weight is 378 g/mol. The second-order valence-corrected chi connectivity index (χ2v) is 7.29. The lowest BCUT2D eigenvalue weighted by Gasteiger charge is -2.37. The number of phenols is 1. The highest BCUT2D eigenvalue weighted by atomic mass is 16.3. The fourth-order valence-electron chi connectivity index (χ4n) is 3.85. The Morgan fingerprint density at radius 3 is 2.54 bits per heavy atom. The highest BCUT2D eigenvalue weighted by Gasteiger charge is 2.24. The molecule has 1 aromatic heterocycles. The number of rotatable bonds is 5. The van der Waals surface area contributed by atoms with Gasteiger partial charge in [0.1, 0.15) is 17.7 Å². The van der Waals surface area contributed by atoms with Gasteiger partial charge in [0, 0.05) is 63.4 Å². The Balaban J connectivity index is 1.46. The first kappa shape index (κ1) is 18.5. The van der Waals surface area contributed by atoms with Crippen LogP contribution < -0.4 is 4.90 Å². The molecule has 1 unspecified atom stereocenters. The Hall–Kier alpha value is -2.83. The van der Waals surface area contributed by atoms with Gasteiger partial charge in [-0.05, 0) is 23.8 Å². The number of hydrogen-bond acceptors (Lipinski definition) is 5. The third-order valence-corrected chi connectivity index (χ3v) is 5.36. The molecule has 1 aliphatic heterocycles. The van der Waals surface area contributed by atoms with E-state index in [1.54, 1.807) is 12.3 Å². The molecule has 0 amide bonds. The SMILES string of the molecule is Cn1ccnc1C(O)c1ccccc1N1CCN(Cc2cccc(O)c2)CC1. The smallest absolute Gasteiger partial charge is 0.142 e. The minimum absolute atomic E-state index is 0.313. The van der Waals surface area contributed by atoms with Gasteiger partial charge < -0.3 is 19.7 Å². The van der Waals surface area contributed by atoms with E-state index in [1.807, 2.05) is 54.2 Å². The topological polar surface area (TPSA) is 64.8 Å². The summed E-state index contributed by atoms with van der Waals surface area (Å²) in [4.78, 5) is 9.04. The van der Waals surface area contributed by atoms with Crippen molar-refractivity contribution in [2.75, 3.05) is 31.1 Å². The zero-order valence-corrected chi connectivity index (χ0v) is 16.1. The van der Waals surface area contributed by atoms with Crippen molar-refractivity contribution in [1.82, 2.24) is 14.5 Å². The van der Waals surface area contributed by atoms with E-state index in [9.17, 15) is 10.2 Å². The second kappa shape index (κ2) is 8.04. The highest BCUT2D eigenvalue weighted by molar-refractivity contribution is 5.56. The Kier molecular flexibility index (Phi) is 5.32. The summed E-state index contributed by atoms with van der Waals surface area (Å²) < 4.78 is 1.86. The molecule has 6 heteroatoms. The molecule has 2 aromatic carbocycles. The van der Waals surface area contributed by atoms with E-state index in [0.29, 0.717) is 11.6 Å². The maximum absolute atomic E-state index is 10.9. The van der Waals surface area contributed by atoms with E-state index in [-0.39, 0.29) is 0 Å². The van der Waals surface area contributed by atoms with Gasteiger partial charge in [-0.25, -0.2) is 4.98 Å². The van der Waals surface area contributed by atoms with Gasteiger partial charge in [-0.1, -0.05) is 30.3 Å². The summed E-state index contributed by atoms with van der Waals surface area (Å²) >= 11 is 0. The van der Waals surface area contributed by atoms with Gasteiger partial charge in [0.15, 0.2) is 0 Å². The van der Waals surface area contributed by atoms with Crippen LogP contribution in [-0.4, -0.2) is 50.8 Å². The maximum Gasteiger partial charge on any atom is 0.142 e. The number of aliphatic hydroxyl groups is 1. The van der Waals surface area contributed by atoms with Crippen molar-refractivity contribution in [1.29, 1.82) is 0 Å². The second-order valence-electron chi connectivity index (χ2n) is 7.29. The van der Waals surface area contributed by atoms with Gasteiger partial charge in [0.2, 0.25) is 0 Å². The Bertz CT molecular complexity index is 932. The first-order valence-corrected chi connectivity index (χ1v) is 9.61. The first-order valence-electron chi connectivity index (χ1n) is 9.61. The fourth-order valence-corrected chi connectivity index (χ4v) is 3.85. The molecule has 2 N–H and O–H groups in total. The lowest BCUT2D eigenvalue weighted by Crippen LogP contribution is -2.46. The molecule has 2 heterocycles. The van der Waals surface area contributed by atoms with Gasteiger partial charge in [-0.3, -0.25) is 4.90 Å². The number of aromatic hydroxyl groups is 1. The number of benzene rings is 2. The van der Waals surface area contributed by atoms with Crippen molar-refractivity contribution in [2.24, 2.45) is 7.05 Å². The minimum Gasteiger partial charge on any atom is -0.508 e. The maximum atomic E-state index is 10.9. The lowest BCUT2D eigenvalue weighted by atomic mass is 10.0. The molecule has 0 radical (unpaired) electrons. The van der Waals surface area contributed by atoms with Crippen LogP contribution in [-0.2, 0) is 13.6 Å². The van der Waals surface area contributed by atoms with Crippen molar-refractivity contribution < 1.29 is 10.2 Å². The molecule has 1 aliphatic rings. The minimum atomic E-state index is -0.749. The molecule has 28 heavy (non-hydrogen) atoms. The zero-order chi connectivity index (χ0) is 19.5. The van der Waals surface area contributed by atoms with Gasteiger partial charge in [-0.15, -0.1) is 0 Å². The van der Waals surface area contributed by atoms with Crippen LogP contribution in [0, 0.1) is 0 Å². The summed E-state index contributed by atoms with van der Waals surface area (Å²) in [5.41, 5.74) is 3.08. The Morgan fingerprint density at radius 2 is 1.82 bits per heavy atom. The van der Waals surface area contributed by atoms with Crippen molar-refractivity contribution in [2.45, 2.75) is 12.6 Å². The van der Waals surface area contributed by atoms with Crippen molar-refractivity contribution >= 4 is 5.69 Å². The number of aryl methyl sites for hydroxylation is 1. The number of phenolic OH excluding ortho intramolecular Hbond substituents is 1. The monoisotopic (exact) mass is 378 g/mol. The third kappa shape index (κ3) is 3.88. The van der Waals surface area contributed by atoms with Gasteiger partial charge in [0.05, 0.1) is 0 Å². The molecule has 0 spiro atoms. The van der Waals surface area contributed by atoms with Crippen molar-refractivity contribution in [3.05, 3.63) is 77.9 Å². The fraction of sp³-hybridized carbons (Fsp3) is 0.318. The molecular formula is C22H26N4O2. The number of aromatic nitrogens is 2. The van der Waals surface area contributed by atoms with Gasteiger partial charge >= 0.3 is 0 Å². The van der Waals surface area contributed by atoms with Crippen LogP contribution in [0.4, 0.5) is 5.69 Å². The number of hydrogen-bond donors (Lipinski definition) is 2. The molecule has 1 saturated heterocycles. The van der Waals surface area contributed by atoms with Crippen molar-refractivity contribution in [3.8, 4) is 5.75 Å². The Morgan fingerprint density at radius 1 is 1.04 bits per heavy atom. The summed E-state index contributed by atoms with van der Waals surface area (Å²) in [6.45, 7) is 4.48. The highest BCUT2D eigenvalue weighted by Crippen LogP contribution is 2.30. The van der Waals surface area contributed by atoms with Crippen LogP contribution in [0.3, 0.4) is 0 Å². The first-order chi connectivity index (χ1) is 13.6. The van der Waals surface area contributed by atoms with Crippen molar-refractivity contribution in [3.63, 3.8) is 0 Å². The van der Waals surface area contributed by atoms with E-state index in [1.165, 1.54) is 0 Å². The number of piperazine rings is 1. The quantitative estimate of drug-likeness (QED) is 0.714. The molecule has 0 saturated carbocycles. The molecule has 146 valence electrons. The molecule has 3 aromatic rings. The molecule has 4 rings (SSSR count). The lowest BCUT2D eigenvalue weighted by molar-refractivity contribution is 0.205. The summed E-state index contributed by atoms with van der Waals surface area (Å²) in [5, 5.41) is 20.6. The predicted molar refractivity (Wildman–Crippen MR) is 109 cm³/mol. The molecular weight excluding hydrogens is 352 g/mol. The van der Waals surface area contributed by atoms with E-state index >= 15 is 0 Å². The molecule has 1 fully saturated rings. The summed E-state index contributed by atoms with van der Waals surface area (Å²) in [6, 6.07) is 15.5. The molecule has 1 atom stereocenters. The van der Waals surface area contributed by atoms with E-state index < -0.39 is 6.10 Å². The molecule has 0 aliphatic carbocycles. The Labute approximate surface area is 165 Å². The van der Waals surface area contributed by atoms with Crippen LogP contribution in [0.15, 0.2) is 60.9 Å². The molecule has 0 bridgehead atoms. The largest absolute Gasteiger partial charge is 0.508 e. The number of aliphatic hydroxyl groups excluding tert-OH is 1. The van der Waals surface area contributed by atoms with Crippen LogP contribution in [0.5, 0.6) is 5.75 Å². The number of anilines is 1. The van der Waals surface area contributed by atoms with Gasteiger partial charge in [-0.2, -0.15) is 0 Å². The predicted octanol–water partition coefficient (Wildman–Crippen LogP) is 2.53. The van der Waals surface area contributed by atoms with Gasteiger partial charge in [0.25, 0.3) is 0 Å². The van der Waals surface area contributed by atoms with E-state index in [0.717, 1.165) is 49.5 Å². The average Bonchev–Trinajstić information content (AvgIpc) is 3.14. The summed E-state index contributed by atoms with van der Waals surface area (Å²) in [5.74, 6) is 0.961. The van der Waals surface area contributed by atoms with E-state index in [2.05, 4.69) is 20.9 Å². The normalized spacial score (nSPS) is 16.3. The third-order valence-electron chi connectivity index (χ3n) is 5.36. The summed E-state index contributed by atoms with van der Waals surface area (Å²) in [6.07, 6.45) is 2.81. The summed E-state index contributed by atoms with van der Waals surface area (Å²) in [7, 11) is 1.90. The van der Waals surface area contributed by atoms with Crippen LogP contribution in [0.25, 0.3) is 0 Å². The van der Waals surface area contributed by atoms with E-state index in [4.69, 9.17) is 0 Å². The number of imidazole rings is 1. The number of nitrogens with zero attached hydrogens (tertiary/aromatic N) is 4. The van der Waals surface area contributed by atoms with Crippen LogP contribution in [0.1, 0.15) is 23.1 Å².